The molecule has 2 fully saturated rings. The zero-order chi connectivity index (χ0) is 8.06. The summed E-state index contributed by atoms with van der Waals surface area (Å²) >= 11 is 0. The second-order valence-electron chi connectivity index (χ2n) is 3.62. The molecule has 62 valence electrons. The zero-order valence-corrected chi connectivity index (χ0v) is 6.96. The largest absolute Gasteiger partial charge is 0.356 e. The summed E-state index contributed by atoms with van der Waals surface area (Å²) in [5.41, 5.74) is -0.00289. The lowest BCUT2D eigenvalue weighted by Crippen LogP contribution is -2.43. The van der Waals surface area contributed by atoms with Crippen LogP contribution in [0.5, 0.6) is 0 Å². The predicted molar refractivity (Wildman–Crippen MR) is 39.9 cm³/mol. The first-order valence-electron chi connectivity index (χ1n) is 4.07. The van der Waals surface area contributed by atoms with Crippen molar-refractivity contribution in [2.45, 2.75) is 38.3 Å². The second-order valence-corrected chi connectivity index (χ2v) is 3.62. The van der Waals surface area contributed by atoms with Crippen LogP contribution in [-0.2, 0) is 9.53 Å². The standard InChI is InChI=1S/C8H13NO2/c1-6-8(2)4-3-7(10)9(8)5-11-6/h6H,3-5H2,1-2H3/t6?,8-/m0/s1. The average Bonchev–Trinajstić information content (AvgIpc) is 2.39. The molecule has 3 heteroatoms. The Bertz CT molecular complexity index is 204. The van der Waals surface area contributed by atoms with E-state index in [1.165, 1.54) is 0 Å². The molecule has 0 bridgehead atoms. The number of hydrogen-bond acceptors (Lipinski definition) is 2. The summed E-state index contributed by atoms with van der Waals surface area (Å²) in [4.78, 5) is 13.1. The fraction of sp³-hybridized carbons (Fsp3) is 0.875. The Morgan fingerprint density at radius 2 is 2.45 bits per heavy atom. The van der Waals surface area contributed by atoms with E-state index in [4.69, 9.17) is 4.74 Å². The molecule has 0 aromatic rings. The summed E-state index contributed by atoms with van der Waals surface area (Å²) < 4.78 is 5.40. The van der Waals surface area contributed by atoms with Crippen molar-refractivity contribution < 1.29 is 9.53 Å². The summed E-state index contributed by atoms with van der Waals surface area (Å²) in [6.07, 6.45) is 1.85. The van der Waals surface area contributed by atoms with E-state index in [2.05, 4.69) is 6.92 Å². The number of ether oxygens (including phenoxy) is 1. The van der Waals surface area contributed by atoms with Gasteiger partial charge in [0, 0.05) is 6.42 Å². The molecule has 2 rings (SSSR count). The maximum Gasteiger partial charge on any atom is 0.225 e. The van der Waals surface area contributed by atoms with E-state index in [-0.39, 0.29) is 17.6 Å². The van der Waals surface area contributed by atoms with Gasteiger partial charge in [-0.25, -0.2) is 0 Å². The maximum atomic E-state index is 11.3. The van der Waals surface area contributed by atoms with Gasteiger partial charge in [0.15, 0.2) is 0 Å². The van der Waals surface area contributed by atoms with Crippen molar-refractivity contribution in [3.05, 3.63) is 0 Å². The fourth-order valence-electron chi connectivity index (χ4n) is 1.92. The molecule has 2 atom stereocenters. The topological polar surface area (TPSA) is 29.5 Å². The van der Waals surface area contributed by atoms with Gasteiger partial charge in [0.25, 0.3) is 0 Å². The molecular weight excluding hydrogens is 142 g/mol. The molecule has 2 aliphatic heterocycles. The van der Waals surface area contributed by atoms with Crippen molar-refractivity contribution in [3.8, 4) is 0 Å². The molecule has 2 heterocycles. The van der Waals surface area contributed by atoms with E-state index >= 15 is 0 Å². The molecule has 0 spiro atoms. The van der Waals surface area contributed by atoms with Gasteiger partial charge < -0.3 is 9.64 Å². The van der Waals surface area contributed by atoms with Crippen molar-refractivity contribution in [1.29, 1.82) is 0 Å². The number of fused-ring (bicyclic) bond motifs is 1. The first-order chi connectivity index (χ1) is 5.14. The molecule has 1 amide bonds. The molecule has 0 saturated carbocycles. The Balaban J connectivity index is 2.30. The van der Waals surface area contributed by atoms with Crippen molar-refractivity contribution >= 4 is 5.91 Å². The molecule has 0 radical (unpaired) electrons. The van der Waals surface area contributed by atoms with Gasteiger partial charge in [0.1, 0.15) is 6.73 Å². The third kappa shape index (κ3) is 0.745. The molecule has 0 N–H and O–H groups in total. The van der Waals surface area contributed by atoms with Gasteiger partial charge in [-0.15, -0.1) is 0 Å². The van der Waals surface area contributed by atoms with Crippen LogP contribution in [-0.4, -0.2) is 29.2 Å². The summed E-state index contributed by atoms with van der Waals surface area (Å²) in [5.74, 6) is 0.247. The minimum atomic E-state index is -0.00289. The van der Waals surface area contributed by atoms with E-state index in [1.54, 1.807) is 0 Å². The summed E-state index contributed by atoms with van der Waals surface area (Å²) in [6.45, 7) is 4.64. The van der Waals surface area contributed by atoms with Gasteiger partial charge in [0.2, 0.25) is 5.91 Å². The number of hydrogen-bond donors (Lipinski definition) is 0. The van der Waals surface area contributed by atoms with Gasteiger partial charge in [-0.1, -0.05) is 0 Å². The lowest BCUT2D eigenvalue weighted by molar-refractivity contribution is -0.130. The van der Waals surface area contributed by atoms with Crippen LogP contribution >= 0.6 is 0 Å². The highest BCUT2D eigenvalue weighted by atomic mass is 16.5. The van der Waals surface area contributed by atoms with E-state index in [1.807, 2.05) is 11.8 Å². The van der Waals surface area contributed by atoms with Gasteiger partial charge >= 0.3 is 0 Å². The van der Waals surface area contributed by atoms with Crippen LogP contribution in [0, 0.1) is 0 Å². The second kappa shape index (κ2) is 1.97. The van der Waals surface area contributed by atoms with Crippen molar-refractivity contribution in [3.63, 3.8) is 0 Å². The zero-order valence-electron chi connectivity index (χ0n) is 6.96. The minimum absolute atomic E-state index is 0.00289. The number of nitrogens with zero attached hydrogens (tertiary/aromatic N) is 1. The summed E-state index contributed by atoms with van der Waals surface area (Å²) in [5, 5.41) is 0. The van der Waals surface area contributed by atoms with Crippen LogP contribution in [0.2, 0.25) is 0 Å². The van der Waals surface area contributed by atoms with E-state index in [0.29, 0.717) is 13.2 Å². The van der Waals surface area contributed by atoms with E-state index in [9.17, 15) is 4.79 Å². The van der Waals surface area contributed by atoms with Gasteiger partial charge in [-0.2, -0.15) is 0 Å². The van der Waals surface area contributed by atoms with Crippen LogP contribution in [0.25, 0.3) is 0 Å². The quantitative estimate of drug-likeness (QED) is 0.516. The Labute approximate surface area is 66.3 Å². The Morgan fingerprint density at radius 3 is 3.09 bits per heavy atom. The van der Waals surface area contributed by atoms with Gasteiger partial charge in [0.05, 0.1) is 11.6 Å². The Kier molecular flexibility index (Phi) is 1.27. The van der Waals surface area contributed by atoms with Crippen LogP contribution < -0.4 is 0 Å². The van der Waals surface area contributed by atoms with E-state index < -0.39 is 0 Å². The van der Waals surface area contributed by atoms with E-state index in [0.717, 1.165) is 6.42 Å². The first-order valence-corrected chi connectivity index (χ1v) is 4.07. The first kappa shape index (κ1) is 7.10. The number of rotatable bonds is 0. The summed E-state index contributed by atoms with van der Waals surface area (Å²) in [7, 11) is 0. The van der Waals surface area contributed by atoms with Crippen LogP contribution in [0.3, 0.4) is 0 Å². The number of carbonyl (C=O) groups is 1. The van der Waals surface area contributed by atoms with Crippen LogP contribution in [0.15, 0.2) is 0 Å². The minimum Gasteiger partial charge on any atom is -0.356 e. The highest BCUT2D eigenvalue weighted by Gasteiger charge is 2.50. The number of amides is 1. The summed E-state index contributed by atoms with van der Waals surface area (Å²) in [6, 6.07) is 0. The SMILES string of the molecule is CC1OCN2C(=O)CC[C@@]12C. The molecule has 1 unspecified atom stereocenters. The molecule has 2 saturated heterocycles. The molecule has 2 aliphatic rings. The Morgan fingerprint density at radius 1 is 1.73 bits per heavy atom. The number of carbonyl (C=O) groups excluding carboxylic acids is 1. The fourth-order valence-corrected chi connectivity index (χ4v) is 1.92. The molecule has 0 aromatic carbocycles. The van der Waals surface area contributed by atoms with Crippen LogP contribution in [0.1, 0.15) is 26.7 Å². The molecule has 0 aromatic heterocycles. The third-order valence-electron chi connectivity index (χ3n) is 3.09. The predicted octanol–water partition coefficient (Wildman–Crippen LogP) is 0.744. The third-order valence-corrected chi connectivity index (χ3v) is 3.09. The average molecular weight is 155 g/mol. The lowest BCUT2D eigenvalue weighted by Gasteiger charge is -2.28. The highest BCUT2D eigenvalue weighted by Crippen LogP contribution is 2.38. The molecule has 11 heavy (non-hydrogen) atoms. The Hall–Kier alpha value is -0.570. The van der Waals surface area contributed by atoms with Gasteiger partial charge in [-0.3, -0.25) is 4.79 Å². The smallest absolute Gasteiger partial charge is 0.225 e. The van der Waals surface area contributed by atoms with Crippen molar-refractivity contribution in [1.82, 2.24) is 4.90 Å². The lowest BCUT2D eigenvalue weighted by atomic mass is 9.94. The molecule has 0 aliphatic carbocycles. The normalized spacial score (nSPS) is 43.3. The van der Waals surface area contributed by atoms with Crippen molar-refractivity contribution in [2.75, 3.05) is 6.73 Å². The molecule has 3 nitrogen and oxygen atoms in total. The monoisotopic (exact) mass is 155 g/mol. The van der Waals surface area contributed by atoms with Crippen molar-refractivity contribution in [2.24, 2.45) is 0 Å². The maximum absolute atomic E-state index is 11.3. The van der Waals surface area contributed by atoms with Gasteiger partial charge in [-0.05, 0) is 20.3 Å². The molecular formula is C8H13NO2. The van der Waals surface area contributed by atoms with Crippen LogP contribution in [0.4, 0.5) is 0 Å². The highest BCUT2D eigenvalue weighted by molar-refractivity contribution is 5.80.